The third-order valence-corrected chi connectivity index (χ3v) is 10.7. The largest absolute Gasteiger partial charge is 0.389 e. The summed E-state index contributed by atoms with van der Waals surface area (Å²) in [5.74, 6) is -0.580. The lowest BCUT2D eigenvalue weighted by molar-refractivity contribution is 0.0431. The molecule has 0 spiro atoms. The molecule has 2 heterocycles. The zero-order chi connectivity index (χ0) is 26.3. The first-order chi connectivity index (χ1) is 16.9. The topological polar surface area (TPSA) is 131 Å². The number of sulfone groups is 1. The molecule has 1 aromatic carbocycles. The highest BCUT2D eigenvalue weighted by Crippen LogP contribution is 2.50. The Bertz CT molecular complexity index is 1250. The second kappa shape index (κ2) is 9.60. The van der Waals surface area contributed by atoms with Crippen molar-refractivity contribution in [2.45, 2.75) is 62.3 Å². The van der Waals surface area contributed by atoms with Crippen LogP contribution in [0, 0.1) is 6.92 Å². The van der Waals surface area contributed by atoms with Crippen LogP contribution < -0.4 is 5.32 Å². The van der Waals surface area contributed by atoms with Gasteiger partial charge in [-0.3, -0.25) is 9.59 Å². The number of aliphatic hydroxyl groups is 1. The van der Waals surface area contributed by atoms with Gasteiger partial charge in [0.25, 0.3) is 11.8 Å². The van der Waals surface area contributed by atoms with Gasteiger partial charge in [0.05, 0.1) is 28.4 Å². The smallest absolute Gasteiger partial charge is 0.287 e. The van der Waals surface area contributed by atoms with Gasteiger partial charge in [0, 0.05) is 33.3 Å². The SMILES string of the molecule is COC[C@@H](O)C(C)(C)S(=O)(=O)C1(CN2CCn3c(cnc3C(=O)NCc3ccc(C)cc3)C2=O)CC1. The number of hydrogen-bond acceptors (Lipinski definition) is 7. The van der Waals surface area contributed by atoms with Gasteiger partial charge in [0.2, 0.25) is 0 Å². The van der Waals surface area contributed by atoms with Gasteiger partial charge >= 0.3 is 0 Å². The first-order valence-electron chi connectivity index (χ1n) is 12.0. The number of carbonyl (C=O) groups excluding carboxylic acids is 2. The van der Waals surface area contributed by atoms with E-state index in [9.17, 15) is 23.1 Å². The molecule has 10 nitrogen and oxygen atoms in total. The van der Waals surface area contributed by atoms with Gasteiger partial charge in [0.1, 0.15) is 5.69 Å². The van der Waals surface area contributed by atoms with Crippen LogP contribution in [0.5, 0.6) is 0 Å². The summed E-state index contributed by atoms with van der Waals surface area (Å²) in [5, 5.41) is 13.3. The monoisotopic (exact) mass is 518 g/mol. The first-order valence-corrected chi connectivity index (χ1v) is 13.5. The molecule has 0 bridgehead atoms. The standard InChI is InChI=1S/C25H34N4O6S/c1-17-5-7-18(8-6-17)13-27-22(31)21-26-14-19-23(32)28(11-12-29(19)21)16-25(9-10-25)36(33,34)24(2,3)20(30)15-35-4/h5-8,14,20,30H,9-13,15-16H2,1-4H3,(H,27,31)/t20-/m1/s1. The minimum atomic E-state index is -3.80. The summed E-state index contributed by atoms with van der Waals surface area (Å²) in [4.78, 5) is 31.7. The number of nitrogens with one attached hydrogen (secondary N) is 1. The lowest BCUT2D eigenvalue weighted by Crippen LogP contribution is -2.55. The molecule has 1 atom stereocenters. The Morgan fingerprint density at radius 1 is 1.25 bits per heavy atom. The maximum atomic E-state index is 13.6. The fourth-order valence-corrected chi connectivity index (χ4v) is 7.16. The van der Waals surface area contributed by atoms with Crippen molar-refractivity contribution in [1.29, 1.82) is 0 Å². The number of benzene rings is 1. The third kappa shape index (κ3) is 4.55. The van der Waals surface area contributed by atoms with Crippen LogP contribution in [-0.4, -0.2) is 82.2 Å². The van der Waals surface area contributed by atoms with Crippen molar-refractivity contribution in [3.63, 3.8) is 0 Å². The number of hydrogen-bond donors (Lipinski definition) is 2. The molecule has 2 N–H and O–H groups in total. The molecule has 0 unspecified atom stereocenters. The summed E-state index contributed by atoms with van der Waals surface area (Å²) in [5.41, 5.74) is 2.34. The zero-order valence-electron chi connectivity index (χ0n) is 21.2. The van der Waals surface area contributed by atoms with E-state index in [4.69, 9.17) is 4.74 Å². The Kier molecular flexibility index (Phi) is 7.02. The Hall–Kier alpha value is -2.76. The Morgan fingerprint density at radius 2 is 1.92 bits per heavy atom. The minimum Gasteiger partial charge on any atom is -0.389 e. The van der Waals surface area contributed by atoms with Crippen molar-refractivity contribution < 1.29 is 27.9 Å². The Balaban J connectivity index is 1.46. The van der Waals surface area contributed by atoms with Crippen LogP contribution in [0.2, 0.25) is 0 Å². The molecular formula is C25H34N4O6S. The molecule has 2 amide bonds. The van der Waals surface area contributed by atoms with Crippen LogP contribution in [0.1, 0.15) is 58.9 Å². The lowest BCUT2D eigenvalue weighted by Gasteiger charge is -2.37. The second-order valence-corrected chi connectivity index (χ2v) is 13.2. The van der Waals surface area contributed by atoms with Gasteiger partial charge in [-0.1, -0.05) is 29.8 Å². The van der Waals surface area contributed by atoms with Gasteiger partial charge < -0.3 is 24.6 Å². The van der Waals surface area contributed by atoms with Crippen molar-refractivity contribution in [2.75, 3.05) is 26.8 Å². The number of carbonyl (C=O) groups is 2. The van der Waals surface area contributed by atoms with E-state index in [2.05, 4.69) is 10.3 Å². The lowest BCUT2D eigenvalue weighted by atomic mass is 10.1. The number of aryl methyl sites for hydroxylation is 1. The third-order valence-electron chi connectivity index (χ3n) is 7.41. The molecule has 1 fully saturated rings. The molecule has 1 aliphatic carbocycles. The van der Waals surface area contributed by atoms with Gasteiger partial charge in [-0.2, -0.15) is 0 Å². The highest BCUT2D eigenvalue weighted by atomic mass is 32.2. The normalized spacial score (nSPS) is 18.0. The number of rotatable bonds is 10. The van der Waals surface area contributed by atoms with Crippen LogP contribution in [0.3, 0.4) is 0 Å². The van der Waals surface area contributed by atoms with Crippen LogP contribution in [0.25, 0.3) is 0 Å². The highest BCUT2D eigenvalue weighted by molar-refractivity contribution is 7.94. The average Bonchev–Trinajstić information content (AvgIpc) is 3.50. The number of methoxy groups -OCH3 is 1. The average molecular weight is 519 g/mol. The van der Waals surface area contributed by atoms with Gasteiger partial charge in [0.15, 0.2) is 15.7 Å². The summed E-state index contributed by atoms with van der Waals surface area (Å²) >= 11 is 0. The molecule has 196 valence electrons. The quantitative estimate of drug-likeness (QED) is 0.485. The van der Waals surface area contributed by atoms with Crippen LogP contribution in [0.15, 0.2) is 30.5 Å². The summed E-state index contributed by atoms with van der Waals surface area (Å²) < 4.78 is 31.1. The number of imidazole rings is 1. The van der Waals surface area contributed by atoms with E-state index in [0.29, 0.717) is 25.9 Å². The van der Waals surface area contributed by atoms with E-state index in [1.54, 1.807) is 4.57 Å². The second-order valence-electron chi connectivity index (χ2n) is 10.3. The summed E-state index contributed by atoms with van der Waals surface area (Å²) in [7, 11) is -2.40. The molecule has 11 heteroatoms. The Labute approximate surface area is 211 Å². The van der Waals surface area contributed by atoms with E-state index in [1.165, 1.54) is 32.1 Å². The van der Waals surface area contributed by atoms with Crippen molar-refractivity contribution in [1.82, 2.24) is 19.8 Å². The maximum Gasteiger partial charge on any atom is 0.287 e. The fourth-order valence-electron chi connectivity index (χ4n) is 4.65. The van der Waals surface area contributed by atoms with Gasteiger partial charge in [-0.05, 0) is 39.2 Å². The van der Waals surface area contributed by atoms with Crippen molar-refractivity contribution in [3.8, 4) is 0 Å². The van der Waals surface area contributed by atoms with E-state index in [0.717, 1.165) is 11.1 Å². The van der Waals surface area contributed by atoms with E-state index in [-0.39, 0.29) is 43.0 Å². The van der Waals surface area contributed by atoms with E-state index >= 15 is 0 Å². The minimum absolute atomic E-state index is 0.0391. The van der Waals surface area contributed by atoms with Crippen molar-refractivity contribution >= 4 is 21.7 Å². The number of nitrogens with zero attached hydrogens (tertiary/aromatic N) is 3. The number of amides is 2. The predicted molar refractivity (Wildman–Crippen MR) is 133 cm³/mol. The van der Waals surface area contributed by atoms with E-state index in [1.807, 2.05) is 31.2 Å². The molecular weight excluding hydrogens is 484 g/mol. The Morgan fingerprint density at radius 3 is 2.53 bits per heavy atom. The molecule has 0 radical (unpaired) electrons. The highest BCUT2D eigenvalue weighted by Gasteiger charge is 2.62. The molecule has 4 rings (SSSR count). The van der Waals surface area contributed by atoms with Crippen molar-refractivity contribution in [3.05, 3.63) is 53.1 Å². The molecule has 1 aromatic heterocycles. The number of fused-ring (bicyclic) bond motifs is 1. The molecule has 2 aromatic rings. The molecule has 2 aliphatic rings. The maximum absolute atomic E-state index is 13.6. The fraction of sp³-hybridized carbons (Fsp3) is 0.560. The number of ether oxygens (including phenoxy) is 1. The number of aliphatic hydroxyl groups excluding tert-OH is 1. The summed E-state index contributed by atoms with van der Waals surface area (Å²) in [6, 6.07) is 7.82. The molecule has 36 heavy (non-hydrogen) atoms. The predicted octanol–water partition coefficient (Wildman–Crippen LogP) is 1.31. The van der Waals surface area contributed by atoms with Crippen LogP contribution in [-0.2, 0) is 27.7 Å². The molecule has 1 aliphatic heterocycles. The van der Waals surface area contributed by atoms with Crippen LogP contribution >= 0.6 is 0 Å². The van der Waals surface area contributed by atoms with Gasteiger partial charge in [-0.25, -0.2) is 13.4 Å². The first kappa shape index (κ1) is 26.3. The van der Waals surface area contributed by atoms with Crippen molar-refractivity contribution in [2.24, 2.45) is 0 Å². The molecule has 1 saturated carbocycles. The van der Waals surface area contributed by atoms with Crippen LogP contribution in [0.4, 0.5) is 0 Å². The summed E-state index contributed by atoms with van der Waals surface area (Å²) in [6.07, 6.45) is 1.03. The summed E-state index contributed by atoms with van der Waals surface area (Å²) in [6.45, 7) is 5.87. The van der Waals surface area contributed by atoms with E-state index < -0.39 is 25.4 Å². The molecule has 0 saturated heterocycles. The van der Waals surface area contributed by atoms with Gasteiger partial charge in [-0.15, -0.1) is 0 Å². The zero-order valence-corrected chi connectivity index (χ0v) is 22.0. The number of aromatic nitrogens is 2.